The molecule has 51 heavy (non-hydrogen) atoms. The van der Waals surface area contributed by atoms with Gasteiger partial charge in [0.25, 0.3) is 5.91 Å². The molecule has 0 radical (unpaired) electrons. The molecule has 286 valence electrons. The van der Waals surface area contributed by atoms with Gasteiger partial charge in [0.05, 0.1) is 12.1 Å². The van der Waals surface area contributed by atoms with Crippen molar-refractivity contribution < 1.29 is 28.8 Å². The van der Waals surface area contributed by atoms with Crippen LogP contribution in [0.4, 0.5) is 4.79 Å². The number of ketones is 1. The Morgan fingerprint density at radius 1 is 0.941 bits per heavy atom. The molecule has 4 N–H and O–H groups in total. The van der Waals surface area contributed by atoms with Gasteiger partial charge >= 0.3 is 6.03 Å². The van der Waals surface area contributed by atoms with Gasteiger partial charge in [0.1, 0.15) is 12.1 Å². The van der Waals surface area contributed by atoms with Crippen LogP contribution in [0.2, 0.25) is 0 Å². The van der Waals surface area contributed by atoms with E-state index in [2.05, 4.69) is 34.8 Å². The Morgan fingerprint density at radius 3 is 2.22 bits per heavy atom. The molecular formula is C39H64N6O6. The van der Waals surface area contributed by atoms with Gasteiger partial charge in [-0.1, -0.05) is 79.7 Å². The van der Waals surface area contributed by atoms with Crippen LogP contribution < -0.4 is 21.3 Å². The van der Waals surface area contributed by atoms with Crippen LogP contribution in [0.5, 0.6) is 0 Å². The highest BCUT2D eigenvalue weighted by Crippen LogP contribution is 2.41. The predicted octanol–water partition coefficient (Wildman–Crippen LogP) is 4.08. The minimum absolute atomic E-state index is 0.0667. The molecule has 0 spiro atoms. The Labute approximate surface area is 305 Å². The Bertz CT molecular complexity index is 1300. The van der Waals surface area contributed by atoms with E-state index in [0.29, 0.717) is 38.9 Å². The lowest BCUT2D eigenvalue weighted by atomic mass is 9.70. The molecule has 0 bridgehead atoms. The third-order valence-electron chi connectivity index (χ3n) is 11.8. The standard InChI is InChI=1S/C39H64N6O6/c1-8-20-40-35(49)32(47)28(23-26-15-16-26)41-34(48)31-27(25(2)3)17-22-45(31)36(50)33(39(7)18-11-9-12-19-39)43-37(51)42-29(38(4,5)6)24-44-21-13-10-14-30(44)46/h8,25-29,31,33H,1,9-24H2,2-7H3,(H,40,49)(H,41,48)(H2,42,43,51)/t27?,28?,29-,31+,33-/m1/s1. The van der Waals surface area contributed by atoms with Crippen molar-refractivity contribution >= 4 is 35.4 Å². The van der Waals surface area contributed by atoms with E-state index < -0.39 is 47.2 Å². The Hall–Kier alpha value is -3.44. The normalized spacial score (nSPS) is 23.9. The van der Waals surface area contributed by atoms with E-state index in [0.717, 1.165) is 57.8 Å². The smallest absolute Gasteiger partial charge is 0.315 e. The molecule has 0 aromatic carbocycles. The van der Waals surface area contributed by atoms with Crippen molar-refractivity contribution in [2.24, 2.45) is 28.6 Å². The number of amides is 6. The van der Waals surface area contributed by atoms with E-state index in [1.807, 2.05) is 39.5 Å². The van der Waals surface area contributed by atoms with Crippen molar-refractivity contribution in [3.8, 4) is 0 Å². The third kappa shape index (κ3) is 10.6. The molecule has 12 heteroatoms. The maximum Gasteiger partial charge on any atom is 0.315 e. The van der Waals surface area contributed by atoms with Gasteiger partial charge < -0.3 is 31.1 Å². The first kappa shape index (κ1) is 40.3. The number of piperidine rings is 1. The number of rotatable bonds is 15. The highest BCUT2D eigenvalue weighted by atomic mass is 16.2. The van der Waals surface area contributed by atoms with E-state index in [-0.39, 0.29) is 47.6 Å². The summed E-state index contributed by atoms with van der Waals surface area (Å²) in [6.07, 6.45) is 11.1. The summed E-state index contributed by atoms with van der Waals surface area (Å²) in [7, 11) is 0. The monoisotopic (exact) mass is 712 g/mol. The number of hydrogen-bond donors (Lipinski definition) is 4. The number of Topliss-reactive ketones (excluding diaryl/α,β-unsaturated/α-hetero) is 1. The van der Waals surface area contributed by atoms with Gasteiger partial charge in [-0.05, 0) is 67.1 Å². The molecule has 12 nitrogen and oxygen atoms in total. The number of carbonyl (C=O) groups excluding carboxylic acids is 6. The number of hydrogen-bond acceptors (Lipinski definition) is 6. The Kier molecular flexibility index (Phi) is 13.7. The summed E-state index contributed by atoms with van der Waals surface area (Å²) in [6.45, 7) is 17.3. The zero-order valence-corrected chi connectivity index (χ0v) is 32.0. The van der Waals surface area contributed by atoms with Gasteiger partial charge in [-0.3, -0.25) is 24.0 Å². The SMILES string of the molecule is C=CCNC(=O)C(=O)C(CC1CC1)NC(=O)[C@@H]1C(C(C)C)CCN1C(=O)[C@@H](NC(=O)N[C@H](CN1CCCCC1=O)C(C)(C)C)C1(C)CCCCC1. The average Bonchev–Trinajstić information content (AvgIpc) is 3.78. The van der Waals surface area contributed by atoms with E-state index in [4.69, 9.17) is 0 Å². The summed E-state index contributed by atoms with van der Waals surface area (Å²) in [4.78, 5) is 85.1. The third-order valence-corrected chi connectivity index (χ3v) is 11.8. The molecule has 4 fully saturated rings. The number of likely N-dealkylation sites (tertiary alicyclic amines) is 2. The van der Waals surface area contributed by atoms with Crippen LogP contribution in [0.3, 0.4) is 0 Å². The van der Waals surface area contributed by atoms with Gasteiger partial charge in [0.15, 0.2) is 0 Å². The fourth-order valence-corrected chi connectivity index (χ4v) is 8.17. The van der Waals surface area contributed by atoms with Gasteiger partial charge in [-0.25, -0.2) is 4.79 Å². The molecular weight excluding hydrogens is 648 g/mol. The van der Waals surface area contributed by atoms with Crippen molar-refractivity contribution in [2.75, 3.05) is 26.2 Å². The van der Waals surface area contributed by atoms with Crippen LogP contribution in [0.1, 0.15) is 119 Å². The quantitative estimate of drug-likeness (QED) is 0.148. The second-order valence-corrected chi connectivity index (χ2v) is 17.3. The van der Waals surface area contributed by atoms with E-state index >= 15 is 0 Å². The summed E-state index contributed by atoms with van der Waals surface area (Å²) >= 11 is 0. The average molecular weight is 713 g/mol. The number of carbonyl (C=O) groups is 6. The second-order valence-electron chi connectivity index (χ2n) is 17.3. The zero-order chi connectivity index (χ0) is 37.5. The Morgan fingerprint density at radius 2 is 1.63 bits per heavy atom. The fraction of sp³-hybridized carbons (Fsp3) is 0.795. The van der Waals surface area contributed by atoms with Crippen LogP contribution >= 0.6 is 0 Å². The molecule has 4 rings (SSSR count). The van der Waals surface area contributed by atoms with E-state index in [1.54, 1.807) is 4.90 Å². The second kappa shape index (κ2) is 17.4. The highest BCUT2D eigenvalue weighted by molar-refractivity contribution is 6.38. The summed E-state index contributed by atoms with van der Waals surface area (Å²) in [6, 6.07) is -3.54. The summed E-state index contributed by atoms with van der Waals surface area (Å²) in [5, 5.41) is 11.7. The molecule has 4 aliphatic rings. The molecule has 2 heterocycles. The molecule has 0 aromatic heterocycles. The zero-order valence-electron chi connectivity index (χ0n) is 32.0. The molecule has 0 aromatic rings. The van der Waals surface area contributed by atoms with Crippen molar-refractivity contribution in [3.63, 3.8) is 0 Å². The van der Waals surface area contributed by atoms with Crippen molar-refractivity contribution in [1.82, 2.24) is 31.1 Å². The molecule has 2 aliphatic carbocycles. The Balaban J connectivity index is 1.58. The first-order valence-corrected chi connectivity index (χ1v) is 19.4. The first-order chi connectivity index (χ1) is 24.1. The maximum atomic E-state index is 14.9. The van der Waals surface area contributed by atoms with Gasteiger partial charge in [-0.15, -0.1) is 6.58 Å². The largest absolute Gasteiger partial charge is 0.346 e. The highest BCUT2D eigenvalue weighted by Gasteiger charge is 2.50. The lowest BCUT2D eigenvalue weighted by Crippen LogP contribution is -2.63. The molecule has 6 amide bonds. The van der Waals surface area contributed by atoms with Gasteiger partial charge in [0.2, 0.25) is 23.5 Å². The number of nitrogens with one attached hydrogen (secondary N) is 4. The summed E-state index contributed by atoms with van der Waals surface area (Å²) in [5.41, 5.74) is -0.889. The first-order valence-electron chi connectivity index (χ1n) is 19.4. The molecule has 2 saturated carbocycles. The minimum Gasteiger partial charge on any atom is -0.346 e. The lowest BCUT2D eigenvalue weighted by molar-refractivity contribution is -0.145. The van der Waals surface area contributed by atoms with Gasteiger partial charge in [0, 0.05) is 32.6 Å². The van der Waals surface area contributed by atoms with Crippen LogP contribution in [-0.2, 0) is 24.0 Å². The maximum absolute atomic E-state index is 14.9. The summed E-state index contributed by atoms with van der Waals surface area (Å²) < 4.78 is 0. The van der Waals surface area contributed by atoms with Crippen LogP contribution in [0.25, 0.3) is 0 Å². The minimum atomic E-state index is -0.989. The number of urea groups is 1. The molecule has 2 saturated heterocycles. The van der Waals surface area contributed by atoms with Gasteiger partial charge in [-0.2, -0.15) is 0 Å². The number of nitrogens with zero attached hydrogens (tertiary/aromatic N) is 2. The predicted molar refractivity (Wildman–Crippen MR) is 196 cm³/mol. The van der Waals surface area contributed by atoms with Crippen LogP contribution in [-0.4, -0.2) is 95.6 Å². The molecule has 5 atom stereocenters. The van der Waals surface area contributed by atoms with E-state index in [1.165, 1.54) is 6.08 Å². The van der Waals surface area contributed by atoms with E-state index in [9.17, 15) is 28.8 Å². The lowest BCUT2D eigenvalue weighted by Gasteiger charge is -2.43. The van der Waals surface area contributed by atoms with Crippen LogP contribution in [0.15, 0.2) is 12.7 Å². The van der Waals surface area contributed by atoms with Crippen molar-refractivity contribution in [1.29, 1.82) is 0 Å². The molecule has 2 unspecified atom stereocenters. The van der Waals surface area contributed by atoms with Crippen molar-refractivity contribution in [2.45, 2.75) is 143 Å². The van der Waals surface area contributed by atoms with Crippen LogP contribution in [0, 0.1) is 28.6 Å². The fourth-order valence-electron chi connectivity index (χ4n) is 8.17. The summed E-state index contributed by atoms with van der Waals surface area (Å²) in [5.74, 6) is -1.94. The molecule has 2 aliphatic heterocycles. The topological polar surface area (TPSA) is 157 Å². The van der Waals surface area contributed by atoms with Crippen molar-refractivity contribution in [3.05, 3.63) is 12.7 Å².